The van der Waals surface area contributed by atoms with Crippen LogP contribution in [0.4, 0.5) is 0 Å². The second-order valence-electron chi connectivity index (χ2n) is 4.50. The molecule has 0 saturated heterocycles. The molecule has 1 unspecified atom stereocenters. The van der Waals surface area contributed by atoms with Crippen molar-refractivity contribution < 1.29 is 4.79 Å². The lowest BCUT2D eigenvalue weighted by Crippen LogP contribution is -2.44. The molecule has 94 valence electrons. The molecule has 0 aromatic heterocycles. The van der Waals surface area contributed by atoms with E-state index in [2.05, 4.69) is 37.2 Å². The maximum atomic E-state index is 11.9. The average molecular weight is 363 g/mol. The summed E-state index contributed by atoms with van der Waals surface area (Å²) in [6.07, 6.45) is 0.780. The zero-order valence-corrected chi connectivity index (χ0v) is 13.4. The molecule has 0 fully saturated rings. The first kappa shape index (κ1) is 14.7. The van der Waals surface area contributed by atoms with Crippen LogP contribution in [0.3, 0.4) is 0 Å². The third-order valence-electron chi connectivity index (χ3n) is 2.64. The molecule has 0 aliphatic rings. The van der Waals surface area contributed by atoms with Crippen molar-refractivity contribution in [2.24, 2.45) is 0 Å². The lowest BCUT2D eigenvalue weighted by atomic mass is 9.94. The van der Waals surface area contributed by atoms with E-state index >= 15 is 0 Å². The molecule has 1 rings (SSSR count). The molecule has 0 aliphatic heterocycles. The third-order valence-corrected chi connectivity index (χ3v) is 4.24. The first-order chi connectivity index (χ1) is 7.86. The minimum absolute atomic E-state index is 0.0282. The molecule has 0 aliphatic carbocycles. The van der Waals surface area contributed by atoms with Crippen molar-refractivity contribution in [3.05, 3.63) is 34.3 Å². The number of hydrogen-bond acceptors (Lipinski definition) is 1. The molecule has 1 aromatic rings. The van der Waals surface area contributed by atoms with Gasteiger partial charge in [0, 0.05) is 4.47 Å². The molecule has 2 nitrogen and oxygen atoms in total. The molecule has 1 aromatic carbocycles. The van der Waals surface area contributed by atoms with E-state index in [1.165, 1.54) is 0 Å². The second kappa shape index (κ2) is 6.01. The maximum Gasteiger partial charge on any atom is 0.234 e. The summed E-state index contributed by atoms with van der Waals surface area (Å²) in [5, 5.41) is 3.04. The molecular weight excluding hydrogens is 346 g/mol. The molecule has 0 saturated carbocycles. The molecule has 1 N–H and O–H groups in total. The monoisotopic (exact) mass is 361 g/mol. The minimum atomic E-state index is -0.362. The number of carbonyl (C=O) groups excluding carboxylic acids is 1. The largest absolute Gasteiger partial charge is 0.346 e. The Bertz CT molecular complexity index is 387. The first-order valence-electron chi connectivity index (χ1n) is 5.59. The Hall–Kier alpha value is -0.350. The number of halogens is 2. The van der Waals surface area contributed by atoms with E-state index in [9.17, 15) is 4.79 Å². The highest BCUT2D eigenvalue weighted by atomic mass is 79.9. The van der Waals surface area contributed by atoms with Crippen LogP contribution in [0.2, 0.25) is 0 Å². The van der Waals surface area contributed by atoms with Crippen molar-refractivity contribution in [1.29, 1.82) is 0 Å². The van der Waals surface area contributed by atoms with Gasteiger partial charge >= 0.3 is 0 Å². The molecule has 17 heavy (non-hydrogen) atoms. The SMILES string of the molecule is CCC(Br)C(=O)NC(C)(C)c1ccc(Br)cc1. The van der Waals surface area contributed by atoms with E-state index in [-0.39, 0.29) is 16.3 Å². The molecule has 1 atom stereocenters. The van der Waals surface area contributed by atoms with E-state index in [0.717, 1.165) is 16.5 Å². The van der Waals surface area contributed by atoms with Crippen molar-refractivity contribution >= 4 is 37.8 Å². The highest BCUT2D eigenvalue weighted by Gasteiger charge is 2.25. The number of hydrogen-bond donors (Lipinski definition) is 1. The zero-order chi connectivity index (χ0) is 13.1. The van der Waals surface area contributed by atoms with Crippen LogP contribution in [-0.2, 0) is 10.3 Å². The van der Waals surface area contributed by atoms with Crippen molar-refractivity contribution in [2.75, 3.05) is 0 Å². The fraction of sp³-hybridized carbons (Fsp3) is 0.462. The molecule has 0 heterocycles. The molecule has 0 spiro atoms. The molecule has 0 bridgehead atoms. The Morgan fingerprint density at radius 3 is 2.35 bits per heavy atom. The number of alkyl halides is 1. The summed E-state index contributed by atoms with van der Waals surface area (Å²) in [6.45, 7) is 5.98. The topological polar surface area (TPSA) is 29.1 Å². The maximum absolute atomic E-state index is 11.9. The highest BCUT2D eigenvalue weighted by Crippen LogP contribution is 2.22. The summed E-state index contributed by atoms with van der Waals surface area (Å²) < 4.78 is 1.04. The number of carbonyl (C=O) groups is 1. The Balaban J connectivity index is 2.81. The van der Waals surface area contributed by atoms with E-state index in [1.807, 2.05) is 45.0 Å². The number of benzene rings is 1. The van der Waals surface area contributed by atoms with Gasteiger partial charge in [-0.25, -0.2) is 0 Å². The van der Waals surface area contributed by atoms with Crippen LogP contribution < -0.4 is 5.32 Å². The van der Waals surface area contributed by atoms with Gasteiger partial charge in [-0.05, 0) is 38.0 Å². The smallest absolute Gasteiger partial charge is 0.234 e. The summed E-state index contributed by atoms with van der Waals surface area (Å²) in [5.41, 5.74) is 0.726. The van der Waals surface area contributed by atoms with Gasteiger partial charge in [0.15, 0.2) is 0 Å². The van der Waals surface area contributed by atoms with Crippen LogP contribution in [0.1, 0.15) is 32.8 Å². The molecule has 4 heteroatoms. The van der Waals surface area contributed by atoms with Gasteiger partial charge < -0.3 is 5.32 Å². The molecular formula is C13H17Br2NO. The van der Waals surface area contributed by atoms with Crippen LogP contribution in [0, 0.1) is 0 Å². The highest BCUT2D eigenvalue weighted by molar-refractivity contribution is 9.10. The Morgan fingerprint density at radius 2 is 1.88 bits per heavy atom. The van der Waals surface area contributed by atoms with Gasteiger partial charge in [0.05, 0.1) is 10.4 Å². The Morgan fingerprint density at radius 1 is 1.35 bits per heavy atom. The summed E-state index contributed by atoms with van der Waals surface area (Å²) >= 11 is 6.76. The Labute approximate surface area is 119 Å². The van der Waals surface area contributed by atoms with Gasteiger partial charge in [0.1, 0.15) is 0 Å². The van der Waals surface area contributed by atoms with E-state index in [1.54, 1.807) is 0 Å². The number of nitrogens with one attached hydrogen (secondary N) is 1. The average Bonchev–Trinajstić information content (AvgIpc) is 2.27. The van der Waals surface area contributed by atoms with E-state index < -0.39 is 0 Å². The van der Waals surface area contributed by atoms with Gasteiger partial charge in [-0.1, -0.05) is 50.9 Å². The predicted molar refractivity (Wildman–Crippen MR) is 78.3 cm³/mol. The fourth-order valence-corrected chi connectivity index (χ4v) is 1.89. The van der Waals surface area contributed by atoms with Crippen molar-refractivity contribution in [1.82, 2.24) is 5.32 Å². The Kier molecular flexibility index (Phi) is 5.20. The van der Waals surface area contributed by atoms with Gasteiger partial charge in [-0.3, -0.25) is 4.79 Å². The second-order valence-corrected chi connectivity index (χ2v) is 6.52. The normalized spacial score (nSPS) is 13.2. The van der Waals surface area contributed by atoms with Crippen LogP contribution in [-0.4, -0.2) is 10.7 Å². The quantitative estimate of drug-likeness (QED) is 0.806. The molecule has 1 amide bonds. The van der Waals surface area contributed by atoms with Crippen molar-refractivity contribution in [3.8, 4) is 0 Å². The van der Waals surface area contributed by atoms with Gasteiger partial charge in [0.2, 0.25) is 5.91 Å². The minimum Gasteiger partial charge on any atom is -0.346 e. The lowest BCUT2D eigenvalue weighted by molar-refractivity contribution is -0.122. The summed E-state index contributed by atoms with van der Waals surface area (Å²) in [5.74, 6) is 0.0282. The van der Waals surface area contributed by atoms with Crippen LogP contribution >= 0.6 is 31.9 Å². The van der Waals surface area contributed by atoms with E-state index in [0.29, 0.717) is 0 Å². The van der Waals surface area contributed by atoms with Crippen LogP contribution in [0.25, 0.3) is 0 Å². The predicted octanol–water partition coefficient (Wildman–Crippen LogP) is 3.97. The lowest BCUT2D eigenvalue weighted by Gasteiger charge is -2.28. The van der Waals surface area contributed by atoms with Crippen LogP contribution in [0.15, 0.2) is 28.7 Å². The van der Waals surface area contributed by atoms with Crippen molar-refractivity contribution in [3.63, 3.8) is 0 Å². The van der Waals surface area contributed by atoms with E-state index in [4.69, 9.17) is 0 Å². The van der Waals surface area contributed by atoms with Crippen LogP contribution in [0.5, 0.6) is 0 Å². The van der Waals surface area contributed by atoms with Gasteiger partial charge in [-0.2, -0.15) is 0 Å². The number of amides is 1. The van der Waals surface area contributed by atoms with Gasteiger partial charge in [0.25, 0.3) is 0 Å². The first-order valence-corrected chi connectivity index (χ1v) is 7.30. The standard InChI is InChI=1S/C13H17Br2NO/c1-4-11(15)12(17)16-13(2,3)9-5-7-10(14)8-6-9/h5-8,11H,4H2,1-3H3,(H,16,17). The van der Waals surface area contributed by atoms with Gasteiger partial charge in [-0.15, -0.1) is 0 Å². The zero-order valence-electron chi connectivity index (χ0n) is 10.3. The summed E-state index contributed by atoms with van der Waals surface area (Å²) in [7, 11) is 0. The number of rotatable bonds is 4. The molecule has 0 radical (unpaired) electrons. The summed E-state index contributed by atoms with van der Waals surface area (Å²) in [6, 6.07) is 7.99. The van der Waals surface area contributed by atoms with Crippen molar-refractivity contribution in [2.45, 2.75) is 37.6 Å². The third kappa shape index (κ3) is 4.11. The summed E-state index contributed by atoms with van der Waals surface area (Å²) in [4.78, 5) is 11.7. The fourth-order valence-electron chi connectivity index (χ4n) is 1.51.